The molecule has 1 aromatic heterocycles. The average Bonchev–Trinajstić information content (AvgIpc) is 3.14. The normalized spacial score (nSPS) is 15.0. The minimum absolute atomic E-state index is 0.148. The summed E-state index contributed by atoms with van der Waals surface area (Å²) in [4.78, 5) is 30.5. The lowest BCUT2D eigenvalue weighted by Crippen LogP contribution is -2.41. The van der Waals surface area contributed by atoms with E-state index >= 15 is 0 Å². The quantitative estimate of drug-likeness (QED) is 0.728. The predicted molar refractivity (Wildman–Crippen MR) is 96.3 cm³/mol. The Labute approximate surface area is 160 Å². The van der Waals surface area contributed by atoms with Crippen LogP contribution >= 0.6 is 11.3 Å². The van der Waals surface area contributed by atoms with E-state index in [9.17, 15) is 18.4 Å². The zero-order valence-electron chi connectivity index (χ0n) is 14.9. The molecule has 0 atom stereocenters. The molecule has 0 N–H and O–H groups in total. The van der Waals surface area contributed by atoms with Crippen molar-refractivity contribution in [1.82, 2.24) is 9.88 Å². The molecule has 3 rings (SSSR count). The second-order valence-electron chi connectivity index (χ2n) is 6.38. The monoisotopic (exact) mass is 394 g/mol. The summed E-state index contributed by atoms with van der Waals surface area (Å²) in [5, 5.41) is 2.88. The molecule has 1 aliphatic rings. The van der Waals surface area contributed by atoms with Gasteiger partial charge < -0.3 is 9.64 Å². The van der Waals surface area contributed by atoms with Crippen LogP contribution in [0.5, 0.6) is 0 Å². The molecule has 8 heteroatoms. The molecule has 27 heavy (non-hydrogen) atoms. The molecule has 1 fully saturated rings. The maximum atomic E-state index is 13.8. The van der Waals surface area contributed by atoms with Gasteiger partial charge in [-0.3, -0.25) is 9.59 Å². The fourth-order valence-electron chi connectivity index (χ4n) is 2.99. The summed E-state index contributed by atoms with van der Waals surface area (Å²) in [6, 6.07) is 2.90. The summed E-state index contributed by atoms with van der Waals surface area (Å²) in [7, 11) is 0. The SMILES string of the molecule is CCc1nc(COC(=O)C2CCN(C(=O)c3ccc(F)cc3F)CC2)cs1. The molecule has 0 aliphatic carbocycles. The van der Waals surface area contributed by atoms with Crippen LogP contribution in [-0.4, -0.2) is 34.8 Å². The Morgan fingerprint density at radius 2 is 2.04 bits per heavy atom. The third-order valence-corrected chi connectivity index (χ3v) is 5.58. The van der Waals surface area contributed by atoms with Crippen LogP contribution in [0.2, 0.25) is 0 Å². The number of thiazole rings is 1. The summed E-state index contributed by atoms with van der Waals surface area (Å²) in [6.07, 6.45) is 1.75. The topological polar surface area (TPSA) is 59.5 Å². The van der Waals surface area contributed by atoms with Gasteiger partial charge in [0.25, 0.3) is 5.91 Å². The zero-order chi connectivity index (χ0) is 19.4. The second kappa shape index (κ2) is 8.56. The Morgan fingerprint density at radius 1 is 1.30 bits per heavy atom. The van der Waals surface area contributed by atoms with Gasteiger partial charge >= 0.3 is 5.97 Å². The van der Waals surface area contributed by atoms with E-state index in [1.807, 2.05) is 12.3 Å². The minimum Gasteiger partial charge on any atom is -0.459 e. The van der Waals surface area contributed by atoms with Crippen molar-refractivity contribution in [1.29, 1.82) is 0 Å². The Kier molecular flexibility index (Phi) is 6.15. The van der Waals surface area contributed by atoms with Gasteiger partial charge in [0.05, 0.1) is 22.2 Å². The molecule has 1 aliphatic heterocycles. The third-order valence-electron chi connectivity index (χ3n) is 4.54. The van der Waals surface area contributed by atoms with Crippen molar-refractivity contribution in [2.45, 2.75) is 32.8 Å². The number of halogens is 2. The van der Waals surface area contributed by atoms with E-state index in [0.29, 0.717) is 32.0 Å². The number of nitrogens with zero attached hydrogens (tertiary/aromatic N) is 2. The number of likely N-dealkylation sites (tertiary alicyclic amines) is 1. The van der Waals surface area contributed by atoms with Gasteiger partial charge in [-0.15, -0.1) is 11.3 Å². The summed E-state index contributed by atoms with van der Waals surface area (Å²) in [5.74, 6) is -2.70. The van der Waals surface area contributed by atoms with E-state index in [4.69, 9.17) is 4.74 Å². The molecule has 0 unspecified atom stereocenters. The van der Waals surface area contributed by atoms with Gasteiger partial charge in [-0.1, -0.05) is 6.92 Å². The summed E-state index contributed by atoms with van der Waals surface area (Å²) in [6.45, 7) is 2.81. The molecule has 1 saturated heterocycles. The average molecular weight is 394 g/mol. The first-order valence-electron chi connectivity index (χ1n) is 8.82. The van der Waals surface area contributed by atoms with Gasteiger partial charge in [0.15, 0.2) is 0 Å². The largest absolute Gasteiger partial charge is 0.459 e. The molecule has 2 heterocycles. The molecule has 0 spiro atoms. The van der Waals surface area contributed by atoms with Crippen LogP contribution < -0.4 is 0 Å². The second-order valence-corrected chi connectivity index (χ2v) is 7.33. The molecule has 2 aromatic rings. The van der Waals surface area contributed by atoms with Crippen LogP contribution in [-0.2, 0) is 22.6 Å². The maximum absolute atomic E-state index is 13.8. The van der Waals surface area contributed by atoms with Crippen molar-refractivity contribution < 1.29 is 23.1 Å². The number of aryl methyl sites for hydroxylation is 1. The summed E-state index contributed by atoms with van der Waals surface area (Å²) in [5.41, 5.74) is 0.581. The van der Waals surface area contributed by atoms with Crippen LogP contribution in [0.25, 0.3) is 0 Å². The molecule has 5 nitrogen and oxygen atoms in total. The number of rotatable bonds is 5. The number of piperidine rings is 1. The zero-order valence-corrected chi connectivity index (χ0v) is 15.7. The lowest BCUT2D eigenvalue weighted by atomic mass is 9.96. The molecule has 1 aromatic carbocycles. The van der Waals surface area contributed by atoms with E-state index in [2.05, 4.69) is 4.98 Å². The van der Waals surface area contributed by atoms with Crippen molar-refractivity contribution in [2.75, 3.05) is 13.1 Å². The standard InChI is InChI=1S/C19H20F2N2O3S/c1-2-17-22-14(11-27-17)10-26-19(25)12-5-7-23(8-6-12)18(24)15-4-3-13(20)9-16(15)21/h3-4,9,11-12H,2,5-8,10H2,1H3. The predicted octanol–water partition coefficient (Wildman–Crippen LogP) is 3.58. The van der Waals surface area contributed by atoms with Crippen LogP contribution in [0.3, 0.4) is 0 Å². The van der Waals surface area contributed by atoms with E-state index in [-0.39, 0.29) is 24.1 Å². The van der Waals surface area contributed by atoms with E-state index < -0.39 is 17.5 Å². The Hall–Kier alpha value is -2.35. The fraction of sp³-hybridized carbons (Fsp3) is 0.421. The number of aromatic nitrogens is 1. The van der Waals surface area contributed by atoms with Gasteiger partial charge in [0.2, 0.25) is 0 Å². The van der Waals surface area contributed by atoms with Crippen molar-refractivity contribution in [2.24, 2.45) is 5.92 Å². The number of carbonyl (C=O) groups excluding carboxylic acids is 2. The number of carbonyl (C=O) groups is 2. The van der Waals surface area contributed by atoms with E-state index in [1.165, 1.54) is 16.2 Å². The number of ether oxygens (including phenoxy) is 1. The van der Waals surface area contributed by atoms with Crippen molar-refractivity contribution >= 4 is 23.2 Å². The summed E-state index contributed by atoms with van der Waals surface area (Å²) >= 11 is 1.54. The van der Waals surface area contributed by atoms with Crippen LogP contribution in [0.4, 0.5) is 8.78 Å². The van der Waals surface area contributed by atoms with Crippen molar-refractivity contribution in [3.8, 4) is 0 Å². The number of hydrogen-bond donors (Lipinski definition) is 0. The van der Waals surface area contributed by atoms with Gasteiger partial charge in [-0.2, -0.15) is 0 Å². The Morgan fingerprint density at radius 3 is 2.67 bits per heavy atom. The molecule has 0 radical (unpaired) electrons. The van der Waals surface area contributed by atoms with Gasteiger partial charge in [-0.25, -0.2) is 13.8 Å². The highest BCUT2D eigenvalue weighted by Crippen LogP contribution is 2.22. The van der Waals surface area contributed by atoms with Crippen molar-refractivity contribution in [3.05, 3.63) is 51.5 Å². The van der Waals surface area contributed by atoms with Crippen LogP contribution in [0.1, 0.15) is 40.8 Å². The van der Waals surface area contributed by atoms with Crippen molar-refractivity contribution in [3.63, 3.8) is 0 Å². The first kappa shape index (κ1) is 19.4. The smallest absolute Gasteiger partial charge is 0.309 e. The molecule has 1 amide bonds. The first-order valence-corrected chi connectivity index (χ1v) is 9.70. The number of amides is 1. The molecular weight excluding hydrogens is 374 g/mol. The van der Waals surface area contributed by atoms with Gasteiger partial charge in [0.1, 0.15) is 18.2 Å². The van der Waals surface area contributed by atoms with E-state index in [0.717, 1.165) is 29.3 Å². The number of esters is 1. The van der Waals surface area contributed by atoms with Crippen LogP contribution in [0.15, 0.2) is 23.6 Å². The lowest BCUT2D eigenvalue weighted by molar-refractivity contribution is -0.151. The van der Waals surface area contributed by atoms with E-state index in [1.54, 1.807) is 0 Å². The molecule has 0 bridgehead atoms. The first-order chi connectivity index (χ1) is 13.0. The minimum atomic E-state index is -0.878. The highest BCUT2D eigenvalue weighted by Gasteiger charge is 2.30. The summed E-state index contributed by atoms with van der Waals surface area (Å²) < 4.78 is 32.1. The highest BCUT2D eigenvalue weighted by atomic mass is 32.1. The Balaban J connectivity index is 1.50. The molecule has 0 saturated carbocycles. The highest BCUT2D eigenvalue weighted by molar-refractivity contribution is 7.09. The fourth-order valence-corrected chi connectivity index (χ4v) is 3.72. The molecule has 144 valence electrons. The third kappa shape index (κ3) is 4.68. The van der Waals surface area contributed by atoms with Gasteiger partial charge in [0, 0.05) is 24.5 Å². The van der Waals surface area contributed by atoms with Crippen LogP contribution in [0, 0.1) is 17.6 Å². The Bertz CT molecular complexity index is 832. The number of benzene rings is 1. The van der Waals surface area contributed by atoms with Gasteiger partial charge in [-0.05, 0) is 31.4 Å². The molecular formula is C19H20F2N2O3S. The lowest BCUT2D eigenvalue weighted by Gasteiger charge is -2.31. The maximum Gasteiger partial charge on any atom is 0.309 e. The number of hydrogen-bond acceptors (Lipinski definition) is 5.